The van der Waals surface area contributed by atoms with E-state index in [1.165, 1.54) is 5.56 Å². The molecule has 0 unspecified atom stereocenters. The normalized spacial score (nSPS) is 30.9. The minimum Gasteiger partial charge on any atom is -0.388 e. The molecule has 5 nitrogen and oxygen atoms in total. The Bertz CT molecular complexity index is 742. The number of aliphatic hydroxyl groups is 1. The molecule has 30 heavy (non-hydrogen) atoms. The van der Waals surface area contributed by atoms with Gasteiger partial charge in [-0.1, -0.05) is 30.3 Å². The van der Waals surface area contributed by atoms with E-state index in [0.29, 0.717) is 6.54 Å². The van der Waals surface area contributed by atoms with E-state index in [1.807, 2.05) is 4.90 Å². The average molecular weight is 432 g/mol. The van der Waals surface area contributed by atoms with Gasteiger partial charge in [0.1, 0.15) is 0 Å². The molecule has 166 valence electrons. The Morgan fingerprint density at radius 3 is 2.27 bits per heavy atom. The number of benzene rings is 1. The average Bonchev–Trinajstić information content (AvgIpc) is 2.97. The van der Waals surface area contributed by atoms with Crippen LogP contribution in [0.3, 0.4) is 0 Å². The largest absolute Gasteiger partial charge is 0.388 e. The molecule has 1 aromatic rings. The summed E-state index contributed by atoms with van der Waals surface area (Å²) in [4.78, 5) is 19.9. The third-order valence-electron chi connectivity index (χ3n) is 8.04. The topological polar surface area (TPSA) is 47.0 Å². The maximum atomic E-state index is 13.4. The molecule has 1 aromatic carbocycles. The van der Waals surface area contributed by atoms with Gasteiger partial charge in [0.25, 0.3) is 0 Å². The van der Waals surface area contributed by atoms with Crippen LogP contribution in [0, 0.1) is 0 Å². The van der Waals surface area contributed by atoms with Crippen LogP contribution in [0.15, 0.2) is 30.3 Å². The molecule has 1 saturated heterocycles. The summed E-state index contributed by atoms with van der Waals surface area (Å²) in [6.45, 7) is 2.11. The number of hydrogen-bond acceptors (Lipinski definition) is 4. The zero-order valence-corrected chi connectivity index (χ0v) is 19.6. The minimum atomic E-state index is -0.673. The number of urea groups is 1. The molecule has 4 rings (SSSR count). The quantitative estimate of drug-likeness (QED) is 0.714. The van der Waals surface area contributed by atoms with E-state index in [2.05, 4.69) is 60.5 Å². The van der Waals surface area contributed by atoms with E-state index in [4.69, 9.17) is 0 Å². The number of nitrogens with zero attached hydrogens (tertiary/aromatic N) is 3. The highest BCUT2D eigenvalue weighted by atomic mass is 32.2. The number of carbonyl (C=O) groups is 1. The van der Waals surface area contributed by atoms with Crippen LogP contribution in [-0.4, -0.2) is 82.7 Å². The number of hydrogen-bond donors (Lipinski definition) is 1. The van der Waals surface area contributed by atoms with Crippen LogP contribution >= 0.6 is 11.8 Å². The molecule has 2 aliphatic carbocycles. The van der Waals surface area contributed by atoms with Gasteiger partial charge in [0.15, 0.2) is 0 Å². The van der Waals surface area contributed by atoms with Gasteiger partial charge in [0.2, 0.25) is 0 Å². The number of β-amino-alcohol motifs (C(OH)–C–C–N with tert-alkyl or cyclic N) is 1. The van der Waals surface area contributed by atoms with Crippen molar-refractivity contribution in [2.24, 2.45) is 0 Å². The van der Waals surface area contributed by atoms with E-state index in [1.54, 1.807) is 11.8 Å². The van der Waals surface area contributed by atoms with E-state index >= 15 is 0 Å². The van der Waals surface area contributed by atoms with Crippen LogP contribution in [0.5, 0.6) is 0 Å². The molecule has 3 fully saturated rings. The highest BCUT2D eigenvalue weighted by molar-refractivity contribution is 7.98. The van der Waals surface area contributed by atoms with Crippen molar-refractivity contribution in [2.75, 3.05) is 45.7 Å². The Kier molecular flexibility index (Phi) is 6.12. The van der Waals surface area contributed by atoms with Gasteiger partial charge in [0, 0.05) is 24.4 Å². The molecular formula is C24H37N3O2S. The second-order valence-electron chi connectivity index (χ2n) is 9.88. The summed E-state index contributed by atoms with van der Waals surface area (Å²) >= 11 is 1.79. The Balaban J connectivity index is 1.59. The fraction of sp³-hybridized carbons (Fsp3) is 0.708. The van der Waals surface area contributed by atoms with Crippen molar-refractivity contribution < 1.29 is 9.90 Å². The van der Waals surface area contributed by atoms with E-state index in [9.17, 15) is 9.90 Å². The van der Waals surface area contributed by atoms with Gasteiger partial charge in [-0.15, -0.1) is 0 Å². The lowest BCUT2D eigenvalue weighted by Gasteiger charge is -2.52. The summed E-state index contributed by atoms with van der Waals surface area (Å²) in [5, 5.41) is 10.9. The first-order chi connectivity index (χ1) is 14.3. The van der Waals surface area contributed by atoms with Gasteiger partial charge >= 0.3 is 6.03 Å². The molecule has 0 aromatic heterocycles. The summed E-state index contributed by atoms with van der Waals surface area (Å²) in [5.41, 5.74) is 0.571. The summed E-state index contributed by atoms with van der Waals surface area (Å²) in [6, 6.07) is 11.0. The Labute approximate surface area is 185 Å². The predicted molar refractivity (Wildman–Crippen MR) is 124 cm³/mol. The summed E-state index contributed by atoms with van der Waals surface area (Å²) in [5.74, 6) is 0.964. The highest BCUT2D eigenvalue weighted by Gasteiger charge is 2.56. The first-order valence-electron chi connectivity index (χ1n) is 11.4. The van der Waals surface area contributed by atoms with Crippen LogP contribution in [0.2, 0.25) is 0 Å². The third-order valence-corrected chi connectivity index (χ3v) is 8.63. The number of rotatable bonds is 7. The Morgan fingerprint density at radius 2 is 1.73 bits per heavy atom. The van der Waals surface area contributed by atoms with Crippen LogP contribution in [0.4, 0.5) is 4.79 Å². The van der Waals surface area contributed by atoms with Gasteiger partial charge in [-0.3, -0.25) is 4.90 Å². The maximum absolute atomic E-state index is 13.4. The van der Waals surface area contributed by atoms with Crippen LogP contribution in [0.1, 0.15) is 50.5 Å². The van der Waals surface area contributed by atoms with Crippen molar-refractivity contribution in [1.29, 1.82) is 0 Å². The number of amides is 2. The van der Waals surface area contributed by atoms with Gasteiger partial charge in [0.05, 0.1) is 17.7 Å². The first kappa shape index (κ1) is 22.0. The fourth-order valence-electron chi connectivity index (χ4n) is 5.83. The molecule has 6 heteroatoms. The van der Waals surface area contributed by atoms with E-state index in [0.717, 1.165) is 63.8 Å². The summed E-state index contributed by atoms with van der Waals surface area (Å²) < 4.78 is 0. The van der Waals surface area contributed by atoms with Gasteiger partial charge in [-0.25, -0.2) is 4.79 Å². The molecule has 1 spiro atoms. The standard InChI is InChI=1S/C24H37N3O2S/c1-25(2)24(20-8-5-4-6-9-20)14-12-22(13-15-24)18-26(16-17-30-3)21(28)27(22)19-23(29)10-7-11-23/h4-6,8-9,29H,7,10-19H2,1-3H3. The van der Waals surface area contributed by atoms with Crippen LogP contribution in [0.25, 0.3) is 0 Å². The molecule has 1 N–H and O–H groups in total. The van der Waals surface area contributed by atoms with E-state index in [-0.39, 0.29) is 17.1 Å². The maximum Gasteiger partial charge on any atom is 0.320 e. The lowest BCUT2D eigenvalue weighted by molar-refractivity contribution is -0.0725. The van der Waals surface area contributed by atoms with Crippen molar-refractivity contribution >= 4 is 17.8 Å². The van der Waals surface area contributed by atoms with Crippen LogP contribution < -0.4 is 0 Å². The number of thioether (sulfide) groups is 1. The molecule has 2 saturated carbocycles. The van der Waals surface area contributed by atoms with Gasteiger partial charge in [-0.2, -0.15) is 11.8 Å². The molecule has 0 radical (unpaired) electrons. The smallest absolute Gasteiger partial charge is 0.320 e. The third kappa shape index (κ3) is 3.76. The van der Waals surface area contributed by atoms with Crippen molar-refractivity contribution in [3.8, 4) is 0 Å². The number of carbonyl (C=O) groups excluding carboxylic acids is 1. The summed E-state index contributed by atoms with van der Waals surface area (Å²) in [7, 11) is 4.37. The lowest BCUT2D eigenvalue weighted by atomic mass is 9.67. The summed E-state index contributed by atoms with van der Waals surface area (Å²) in [6.07, 6.45) is 8.84. The van der Waals surface area contributed by atoms with Crippen molar-refractivity contribution in [1.82, 2.24) is 14.7 Å². The lowest BCUT2D eigenvalue weighted by Crippen LogP contribution is -2.59. The van der Waals surface area contributed by atoms with Crippen molar-refractivity contribution in [2.45, 2.75) is 61.6 Å². The molecule has 3 aliphatic rings. The Hall–Kier alpha value is -1.24. The van der Waals surface area contributed by atoms with Crippen molar-refractivity contribution in [3.05, 3.63) is 35.9 Å². The van der Waals surface area contributed by atoms with Crippen molar-refractivity contribution in [3.63, 3.8) is 0 Å². The molecule has 2 amide bonds. The molecule has 0 atom stereocenters. The Morgan fingerprint density at radius 1 is 1.07 bits per heavy atom. The second-order valence-corrected chi connectivity index (χ2v) is 10.9. The molecular weight excluding hydrogens is 394 g/mol. The molecule has 0 bridgehead atoms. The highest BCUT2D eigenvalue weighted by Crippen LogP contribution is 2.50. The second kappa shape index (κ2) is 8.36. The predicted octanol–water partition coefficient (Wildman–Crippen LogP) is 3.77. The zero-order valence-electron chi connectivity index (χ0n) is 18.8. The molecule has 1 aliphatic heterocycles. The van der Waals surface area contributed by atoms with E-state index < -0.39 is 5.60 Å². The molecule has 1 heterocycles. The minimum absolute atomic E-state index is 0.0152. The SMILES string of the molecule is CSCCN1CC2(CCC(c3ccccc3)(N(C)C)CC2)N(CC2(O)CCC2)C1=O. The van der Waals surface area contributed by atoms with Gasteiger partial charge in [-0.05, 0) is 70.9 Å². The monoisotopic (exact) mass is 431 g/mol. The fourth-order valence-corrected chi connectivity index (χ4v) is 6.23. The van der Waals surface area contributed by atoms with Gasteiger partial charge < -0.3 is 14.9 Å². The van der Waals surface area contributed by atoms with Crippen LogP contribution in [-0.2, 0) is 5.54 Å². The zero-order chi connectivity index (χ0) is 21.4. The first-order valence-corrected chi connectivity index (χ1v) is 12.7.